The van der Waals surface area contributed by atoms with Gasteiger partial charge in [-0.05, 0) is 49.6 Å². The molecule has 0 aliphatic heterocycles. The first-order chi connectivity index (χ1) is 8.49. The van der Waals surface area contributed by atoms with Crippen LogP contribution < -0.4 is 0 Å². The minimum atomic E-state index is 0.116. The van der Waals surface area contributed by atoms with Crippen molar-refractivity contribution in [3.8, 4) is 11.1 Å². The summed E-state index contributed by atoms with van der Waals surface area (Å²) in [5, 5.41) is 0. The van der Waals surface area contributed by atoms with Crippen LogP contribution in [0.4, 0.5) is 0 Å². The summed E-state index contributed by atoms with van der Waals surface area (Å²) in [6.07, 6.45) is 0. The van der Waals surface area contributed by atoms with E-state index in [-0.39, 0.29) is 5.78 Å². The third-order valence-electron chi connectivity index (χ3n) is 2.99. The minimum absolute atomic E-state index is 0.116. The van der Waals surface area contributed by atoms with Gasteiger partial charge in [-0.15, -0.1) is 0 Å². The van der Waals surface area contributed by atoms with Crippen molar-refractivity contribution in [3.63, 3.8) is 0 Å². The largest absolute Gasteiger partial charge is 0.294 e. The van der Waals surface area contributed by atoms with Crippen LogP contribution in [-0.2, 0) is 0 Å². The van der Waals surface area contributed by atoms with Crippen molar-refractivity contribution in [1.29, 1.82) is 0 Å². The van der Waals surface area contributed by atoms with E-state index in [1.165, 1.54) is 5.56 Å². The highest BCUT2D eigenvalue weighted by atomic mass is 79.9. The molecule has 0 N–H and O–H groups in total. The molecule has 0 unspecified atom stereocenters. The van der Waals surface area contributed by atoms with E-state index in [0.717, 1.165) is 26.7 Å². The molecule has 2 rings (SSSR count). The second kappa shape index (κ2) is 5.07. The van der Waals surface area contributed by atoms with Crippen molar-refractivity contribution in [2.45, 2.75) is 20.8 Å². The first-order valence-electron chi connectivity index (χ1n) is 5.87. The highest BCUT2D eigenvalue weighted by molar-refractivity contribution is 9.10. The van der Waals surface area contributed by atoms with Gasteiger partial charge in [-0.2, -0.15) is 0 Å². The fourth-order valence-electron chi connectivity index (χ4n) is 2.29. The molecule has 92 valence electrons. The van der Waals surface area contributed by atoms with E-state index in [1.807, 2.05) is 31.2 Å². The maximum absolute atomic E-state index is 11.8. The Morgan fingerprint density at radius 1 is 1.06 bits per heavy atom. The lowest BCUT2D eigenvalue weighted by Crippen LogP contribution is -2.00. The van der Waals surface area contributed by atoms with Gasteiger partial charge in [0.15, 0.2) is 5.78 Å². The van der Waals surface area contributed by atoms with Gasteiger partial charge in [0.05, 0.1) is 0 Å². The number of carbonyl (C=O) groups is 1. The topological polar surface area (TPSA) is 17.1 Å². The number of benzene rings is 2. The molecule has 0 amide bonds. The molecule has 2 aromatic rings. The van der Waals surface area contributed by atoms with Gasteiger partial charge in [0.2, 0.25) is 0 Å². The molecule has 2 aromatic carbocycles. The second-order valence-corrected chi connectivity index (χ2v) is 5.48. The standard InChI is InChI=1S/C16H15BrO/c1-10-8-11(2)16(12(3)18)15(9-10)13-4-6-14(17)7-5-13/h4-9H,1-3H3. The van der Waals surface area contributed by atoms with Crippen molar-refractivity contribution < 1.29 is 4.79 Å². The average molecular weight is 303 g/mol. The maximum Gasteiger partial charge on any atom is 0.160 e. The molecule has 18 heavy (non-hydrogen) atoms. The lowest BCUT2D eigenvalue weighted by molar-refractivity contribution is 0.101. The van der Waals surface area contributed by atoms with E-state index in [4.69, 9.17) is 0 Å². The number of hydrogen-bond donors (Lipinski definition) is 0. The molecule has 2 heteroatoms. The van der Waals surface area contributed by atoms with Crippen LogP contribution in [0.15, 0.2) is 40.9 Å². The van der Waals surface area contributed by atoms with Crippen molar-refractivity contribution in [1.82, 2.24) is 0 Å². The molecule has 0 spiro atoms. The van der Waals surface area contributed by atoms with E-state index >= 15 is 0 Å². The Morgan fingerprint density at radius 2 is 1.67 bits per heavy atom. The minimum Gasteiger partial charge on any atom is -0.294 e. The van der Waals surface area contributed by atoms with Crippen LogP contribution in [0.3, 0.4) is 0 Å². The zero-order chi connectivity index (χ0) is 13.3. The summed E-state index contributed by atoms with van der Waals surface area (Å²) >= 11 is 3.43. The van der Waals surface area contributed by atoms with Crippen LogP contribution in [0, 0.1) is 13.8 Å². The number of rotatable bonds is 2. The molecule has 0 saturated heterocycles. The molecule has 1 nitrogen and oxygen atoms in total. The summed E-state index contributed by atoms with van der Waals surface area (Å²) in [5.74, 6) is 0.116. The molecular formula is C16H15BrO. The molecule has 0 radical (unpaired) electrons. The van der Waals surface area contributed by atoms with E-state index in [1.54, 1.807) is 6.92 Å². The van der Waals surface area contributed by atoms with E-state index in [0.29, 0.717) is 0 Å². The fraction of sp³-hybridized carbons (Fsp3) is 0.188. The third kappa shape index (κ3) is 2.54. The smallest absolute Gasteiger partial charge is 0.160 e. The Kier molecular flexibility index (Phi) is 3.67. The van der Waals surface area contributed by atoms with Crippen LogP contribution in [-0.4, -0.2) is 5.78 Å². The van der Waals surface area contributed by atoms with E-state index < -0.39 is 0 Å². The number of aryl methyl sites for hydroxylation is 2. The predicted molar refractivity (Wildman–Crippen MR) is 79.1 cm³/mol. The van der Waals surface area contributed by atoms with Gasteiger partial charge in [0.1, 0.15) is 0 Å². The number of hydrogen-bond acceptors (Lipinski definition) is 1. The van der Waals surface area contributed by atoms with Gasteiger partial charge >= 0.3 is 0 Å². The van der Waals surface area contributed by atoms with Crippen molar-refractivity contribution in [3.05, 3.63) is 57.6 Å². The van der Waals surface area contributed by atoms with Crippen LogP contribution in [0.2, 0.25) is 0 Å². The first-order valence-corrected chi connectivity index (χ1v) is 6.66. The van der Waals surface area contributed by atoms with Crippen molar-refractivity contribution in [2.75, 3.05) is 0 Å². The molecule has 0 heterocycles. The van der Waals surface area contributed by atoms with E-state index in [2.05, 4.69) is 35.0 Å². The summed E-state index contributed by atoms with van der Waals surface area (Å²) < 4.78 is 1.04. The zero-order valence-electron chi connectivity index (χ0n) is 10.8. The van der Waals surface area contributed by atoms with E-state index in [9.17, 15) is 4.79 Å². The molecular weight excluding hydrogens is 288 g/mol. The van der Waals surface area contributed by atoms with Crippen molar-refractivity contribution >= 4 is 21.7 Å². The van der Waals surface area contributed by atoms with Gasteiger partial charge in [0.25, 0.3) is 0 Å². The maximum atomic E-state index is 11.8. The summed E-state index contributed by atoms with van der Waals surface area (Å²) in [4.78, 5) is 11.8. The Hall–Kier alpha value is -1.41. The summed E-state index contributed by atoms with van der Waals surface area (Å²) in [6.45, 7) is 5.67. The first kappa shape index (κ1) is 13.0. The quantitative estimate of drug-likeness (QED) is 0.718. The van der Waals surface area contributed by atoms with Crippen LogP contribution in [0.5, 0.6) is 0 Å². The molecule has 0 bridgehead atoms. The number of Topliss-reactive ketones (excluding diaryl/α,β-unsaturated/α-hetero) is 1. The van der Waals surface area contributed by atoms with Gasteiger partial charge < -0.3 is 0 Å². The number of carbonyl (C=O) groups excluding carboxylic acids is 1. The number of ketones is 1. The average Bonchev–Trinajstić information content (AvgIpc) is 2.28. The Morgan fingerprint density at radius 3 is 2.22 bits per heavy atom. The molecule has 0 fully saturated rings. The van der Waals surface area contributed by atoms with Crippen LogP contribution >= 0.6 is 15.9 Å². The second-order valence-electron chi connectivity index (χ2n) is 4.57. The predicted octanol–water partition coefficient (Wildman–Crippen LogP) is 4.94. The summed E-state index contributed by atoms with van der Waals surface area (Å²) in [7, 11) is 0. The highest BCUT2D eigenvalue weighted by Gasteiger charge is 2.12. The molecule has 0 aliphatic carbocycles. The lowest BCUT2D eigenvalue weighted by Gasteiger charge is -2.12. The van der Waals surface area contributed by atoms with Crippen LogP contribution in [0.25, 0.3) is 11.1 Å². The lowest BCUT2D eigenvalue weighted by atomic mass is 9.92. The molecule has 0 atom stereocenters. The Labute approximate surface area is 116 Å². The van der Waals surface area contributed by atoms with Gasteiger partial charge in [0, 0.05) is 10.0 Å². The zero-order valence-corrected chi connectivity index (χ0v) is 12.3. The van der Waals surface area contributed by atoms with Gasteiger partial charge in [-0.1, -0.05) is 45.8 Å². The Bertz CT molecular complexity index is 597. The summed E-state index contributed by atoms with van der Waals surface area (Å²) in [5.41, 5.74) is 5.14. The van der Waals surface area contributed by atoms with Crippen molar-refractivity contribution in [2.24, 2.45) is 0 Å². The van der Waals surface area contributed by atoms with Gasteiger partial charge in [-0.25, -0.2) is 0 Å². The number of halogens is 1. The SMILES string of the molecule is CC(=O)c1c(C)cc(C)cc1-c1ccc(Br)cc1. The van der Waals surface area contributed by atoms with Gasteiger partial charge in [-0.3, -0.25) is 4.79 Å². The Balaban J connectivity index is 2.69. The molecule has 0 aliphatic rings. The molecule has 0 saturated carbocycles. The van der Waals surface area contributed by atoms with Crippen LogP contribution in [0.1, 0.15) is 28.4 Å². The molecule has 0 aromatic heterocycles. The third-order valence-corrected chi connectivity index (χ3v) is 3.52. The summed E-state index contributed by atoms with van der Waals surface area (Å²) in [6, 6.07) is 12.2. The normalized spacial score (nSPS) is 10.4. The highest BCUT2D eigenvalue weighted by Crippen LogP contribution is 2.29. The fourth-order valence-corrected chi connectivity index (χ4v) is 2.56. The monoisotopic (exact) mass is 302 g/mol.